The molecule has 248 valence electrons. The van der Waals surface area contributed by atoms with Gasteiger partial charge in [0, 0.05) is 23.2 Å². The normalized spacial score (nSPS) is 21.4. The van der Waals surface area contributed by atoms with Crippen LogP contribution in [-0.2, 0) is 0 Å². The molecule has 2 aliphatic rings. The number of rotatable bonds is 8. The molecule has 2 aromatic carbocycles. The smallest absolute Gasteiger partial charge is 0.257 e. The molecule has 2 fully saturated rings. The lowest BCUT2D eigenvalue weighted by Crippen LogP contribution is -2.39. The molecule has 0 spiro atoms. The van der Waals surface area contributed by atoms with E-state index in [9.17, 15) is 9.59 Å². The summed E-state index contributed by atoms with van der Waals surface area (Å²) in [6, 6.07) is 10.5. The number of hydrogen-bond donors (Lipinski definition) is 2. The minimum absolute atomic E-state index is 0.0833. The van der Waals surface area contributed by atoms with Crippen molar-refractivity contribution in [3.05, 3.63) is 79.1 Å². The van der Waals surface area contributed by atoms with Crippen molar-refractivity contribution in [3.63, 3.8) is 0 Å². The van der Waals surface area contributed by atoms with Gasteiger partial charge in [0.2, 0.25) is 0 Å². The summed E-state index contributed by atoms with van der Waals surface area (Å²) >= 11 is 25.6. The largest absolute Gasteiger partial charge is 0.360 e. The Balaban J connectivity index is 0.979. The lowest BCUT2D eigenvalue weighted by Gasteiger charge is -2.34. The quantitative estimate of drug-likeness (QED) is 0.188. The second-order valence-electron chi connectivity index (χ2n) is 12.7. The maximum Gasteiger partial charge on any atom is 0.257 e. The van der Waals surface area contributed by atoms with E-state index in [1.165, 1.54) is 6.42 Å². The maximum absolute atomic E-state index is 13.4. The van der Waals surface area contributed by atoms with Crippen molar-refractivity contribution in [1.29, 1.82) is 0 Å². The van der Waals surface area contributed by atoms with Gasteiger partial charge >= 0.3 is 0 Å². The lowest BCUT2D eigenvalue weighted by molar-refractivity contribution is 0.0917. The van der Waals surface area contributed by atoms with E-state index in [-0.39, 0.29) is 23.9 Å². The summed E-state index contributed by atoms with van der Waals surface area (Å²) in [6.45, 7) is 3.44. The SMILES string of the molecule is Cc1onc(-c2c(Cl)cccc2Cl)c1C(=O)NC1CCC(CC2CCC(NC(=O)c3c(-c4c(Cl)cccc4Cl)noc3C)CC2)CC1. The molecule has 12 heteroatoms. The maximum atomic E-state index is 13.4. The van der Waals surface area contributed by atoms with E-state index in [2.05, 4.69) is 20.9 Å². The summed E-state index contributed by atoms with van der Waals surface area (Å²) in [6.07, 6.45) is 9.10. The summed E-state index contributed by atoms with van der Waals surface area (Å²) in [4.78, 5) is 26.8. The van der Waals surface area contributed by atoms with Crippen molar-refractivity contribution in [2.24, 2.45) is 11.8 Å². The second-order valence-corrected chi connectivity index (χ2v) is 14.4. The molecule has 2 aromatic heterocycles. The highest BCUT2D eigenvalue weighted by Crippen LogP contribution is 2.39. The van der Waals surface area contributed by atoms with Gasteiger partial charge in [0.1, 0.15) is 34.0 Å². The van der Waals surface area contributed by atoms with Crippen LogP contribution in [0.2, 0.25) is 20.1 Å². The van der Waals surface area contributed by atoms with Gasteiger partial charge < -0.3 is 19.7 Å². The van der Waals surface area contributed by atoms with Gasteiger partial charge in [-0.3, -0.25) is 9.59 Å². The first-order valence-electron chi connectivity index (χ1n) is 16.0. The second kappa shape index (κ2) is 14.6. The van der Waals surface area contributed by atoms with Crippen LogP contribution in [0.15, 0.2) is 45.4 Å². The van der Waals surface area contributed by atoms with E-state index >= 15 is 0 Å². The van der Waals surface area contributed by atoms with Crippen LogP contribution >= 0.6 is 46.4 Å². The van der Waals surface area contributed by atoms with Crippen LogP contribution in [0, 0.1) is 25.7 Å². The van der Waals surface area contributed by atoms with Gasteiger partial charge in [0.25, 0.3) is 11.8 Å². The molecule has 2 amide bonds. The zero-order valence-corrected chi connectivity index (χ0v) is 29.2. The molecule has 0 saturated heterocycles. The fraction of sp³-hybridized carbons (Fsp3) is 0.429. The number of aromatic nitrogens is 2. The van der Waals surface area contributed by atoms with E-state index in [4.69, 9.17) is 55.4 Å². The average molecular weight is 719 g/mol. The standard InChI is InChI=1S/C35H36Cl4N4O4/c1-18-28(32(42-46-18)30-24(36)5-3-6-25(30)37)34(44)40-22-13-9-20(10-14-22)17-21-11-15-23(16-12-21)41-35(45)29-19(2)47-43-33(29)31-26(38)7-4-8-27(31)39/h3-8,20-23H,9-17H2,1-2H3,(H,40,44)(H,41,45). The van der Waals surface area contributed by atoms with Gasteiger partial charge in [-0.05, 0) is 108 Å². The van der Waals surface area contributed by atoms with Gasteiger partial charge in [-0.25, -0.2) is 0 Å². The number of nitrogens with one attached hydrogen (secondary N) is 2. The third-order valence-electron chi connectivity index (χ3n) is 9.61. The van der Waals surface area contributed by atoms with Gasteiger partial charge in [0.05, 0.1) is 20.1 Å². The molecule has 2 saturated carbocycles. The highest BCUT2D eigenvalue weighted by Gasteiger charge is 2.32. The number of benzene rings is 2. The van der Waals surface area contributed by atoms with Gasteiger partial charge in [-0.2, -0.15) is 0 Å². The van der Waals surface area contributed by atoms with Gasteiger partial charge in [-0.15, -0.1) is 0 Å². The molecule has 0 bridgehead atoms. The fourth-order valence-corrected chi connectivity index (χ4v) is 8.29. The van der Waals surface area contributed by atoms with Crippen LogP contribution in [0.4, 0.5) is 0 Å². The van der Waals surface area contributed by atoms with E-state index in [1.807, 2.05) is 0 Å². The molecule has 2 N–H and O–H groups in total. The Bertz CT molecular complexity index is 1600. The van der Waals surface area contributed by atoms with Crippen LogP contribution in [0.5, 0.6) is 0 Å². The first kappa shape index (κ1) is 33.8. The number of carbonyl (C=O) groups is 2. The molecule has 0 aliphatic heterocycles. The van der Waals surface area contributed by atoms with Crippen molar-refractivity contribution in [2.45, 2.75) is 83.7 Å². The third-order valence-corrected chi connectivity index (χ3v) is 10.9. The van der Waals surface area contributed by atoms with Crippen LogP contribution in [0.3, 0.4) is 0 Å². The Morgan fingerprint density at radius 3 is 1.32 bits per heavy atom. The summed E-state index contributed by atoms with van der Waals surface area (Å²) in [5.74, 6) is 1.66. The molecule has 47 heavy (non-hydrogen) atoms. The predicted molar refractivity (Wildman–Crippen MR) is 184 cm³/mol. The summed E-state index contributed by atoms with van der Waals surface area (Å²) < 4.78 is 10.8. The molecular weight excluding hydrogens is 682 g/mol. The molecule has 0 unspecified atom stereocenters. The molecule has 6 rings (SSSR count). The van der Waals surface area contributed by atoms with E-state index < -0.39 is 0 Å². The first-order chi connectivity index (χ1) is 22.6. The van der Waals surface area contributed by atoms with Gasteiger partial charge in [-0.1, -0.05) is 68.8 Å². The Hall–Kier alpha value is -3.04. The number of amides is 2. The Morgan fingerprint density at radius 2 is 0.979 bits per heavy atom. The number of aryl methyl sites for hydroxylation is 2. The molecular formula is C35H36Cl4N4O4. The number of hydrogen-bond acceptors (Lipinski definition) is 6. The summed E-state index contributed by atoms with van der Waals surface area (Å²) in [5, 5.41) is 16.3. The van der Waals surface area contributed by atoms with Gasteiger partial charge in [0.15, 0.2) is 0 Å². The highest BCUT2D eigenvalue weighted by atomic mass is 35.5. The zero-order valence-electron chi connectivity index (χ0n) is 26.2. The topological polar surface area (TPSA) is 110 Å². The van der Waals surface area contributed by atoms with Crippen molar-refractivity contribution in [2.75, 3.05) is 0 Å². The predicted octanol–water partition coefficient (Wildman–Crippen LogP) is 9.89. The minimum atomic E-state index is -0.220. The Morgan fingerprint density at radius 1 is 0.638 bits per heavy atom. The average Bonchev–Trinajstić information content (AvgIpc) is 3.61. The van der Waals surface area contributed by atoms with Crippen molar-refractivity contribution < 1.29 is 18.6 Å². The molecule has 0 radical (unpaired) electrons. The Kier molecular flexibility index (Phi) is 10.5. The summed E-state index contributed by atoms with van der Waals surface area (Å²) in [7, 11) is 0. The number of halogens is 4. The van der Waals surface area contributed by atoms with Crippen LogP contribution in [0.25, 0.3) is 22.5 Å². The summed E-state index contributed by atoms with van der Waals surface area (Å²) in [5.41, 5.74) is 2.45. The fourth-order valence-electron chi connectivity index (χ4n) is 7.14. The number of nitrogens with zero attached hydrogens (tertiary/aromatic N) is 2. The van der Waals surface area contributed by atoms with Crippen LogP contribution in [-0.4, -0.2) is 34.2 Å². The van der Waals surface area contributed by atoms with Crippen molar-refractivity contribution in [1.82, 2.24) is 20.9 Å². The van der Waals surface area contributed by atoms with E-state index in [0.717, 1.165) is 51.4 Å². The van der Waals surface area contributed by atoms with E-state index in [1.54, 1.807) is 50.2 Å². The first-order valence-corrected chi connectivity index (χ1v) is 17.5. The molecule has 2 aliphatic carbocycles. The molecule has 4 aromatic rings. The van der Waals surface area contributed by atoms with E-state index in [0.29, 0.717) is 77.1 Å². The van der Waals surface area contributed by atoms with Crippen LogP contribution in [0.1, 0.15) is 90.0 Å². The zero-order chi connectivity index (χ0) is 33.2. The Labute approximate surface area is 293 Å². The molecule has 2 heterocycles. The number of carbonyl (C=O) groups excluding carboxylic acids is 2. The highest BCUT2D eigenvalue weighted by molar-refractivity contribution is 6.40. The monoisotopic (exact) mass is 716 g/mol. The van der Waals surface area contributed by atoms with Crippen molar-refractivity contribution >= 4 is 58.2 Å². The van der Waals surface area contributed by atoms with Crippen molar-refractivity contribution in [3.8, 4) is 22.5 Å². The third kappa shape index (κ3) is 7.36. The van der Waals surface area contributed by atoms with Crippen LogP contribution < -0.4 is 10.6 Å². The molecule has 0 atom stereocenters. The molecule has 8 nitrogen and oxygen atoms in total. The lowest BCUT2D eigenvalue weighted by atomic mass is 9.75. The minimum Gasteiger partial charge on any atom is -0.360 e.